The summed E-state index contributed by atoms with van der Waals surface area (Å²) < 4.78 is 33.7. The molecule has 0 N–H and O–H groups in total. The van der Waals surface area contributed by atoms with E-state index in [2.05, 4.69) is 86.8 Å². The lowest BCUT2D eigenvalue weighted by molar-refractivity contribution is -0.870. The SMILES string of the molecule is CC/C=C\C/C=C\C/C=C\C/C=C\CCCCC(=O)OC(COC(=O)CCCCCCC/C=C\C/C=C\CCC)COP(=O)([O-])OCC[N+](C)(C)C. The van der Waals surface area contributed by atoms with Crippen LogP contribution in [-0.2, 0) is 32.7 Å². The smallest absolute Gasteiger partial charge is 0.306 e. The van der Waals surface area contributed by atoms with Gasteiger partial charge in [-0.3, -0.25) is 14.2 Å². The van der Waals surface area contributed by atoms with Crippen LogP contribution < -0.4 is 4.89 Å². The second-order valence-electron chi connectivity index (χ2n) is 13.9. The monoisotopic (exact) mass is 749 g/mol. The molecule has 10 heteroatoms. The van der Waals surface area contributed by atoms with Crippen LogP contribution in [0.25, 0.3) is 0 Å². The highest BCUT2D eigenvalue weighted by molar-refractivity contribution is 7.45. The number of carbonyl (C=O) groups is 2. The average molecular weight is 750 g/mol. The van der Waals surface area contributed by atoms with Crippen molar-refractivity contribution in [3.8, 4) is 0 Å². The van der Waals surface area contributed by atoms with Gasteiger partial charge in [-0.2, -0.15) is 0 Å². The summed E-state index contributed by atoms with van der Waals surface area (Å²) >= 11 is 0. The Morgan fingerprint density at radius 1 is 0.615 bits per heavy atom. The van der Waals surface area contributed by atoms with E-state index in [1.54, 1.807) is 0 Å². The van der Waals surface area contributed by atoms with Crippen LogP contribution in [0.5, 0.6) is 0 Å². The highest BCUT2D eigenvalue weighted by Crippen LogP contribution is 2.38. The van der Waals surface area contributed by atoms with Gasteiger partial charge in [0.25, 0.3) is 7.82 Å². The van der Waals surface area contributed by atoms with Crippen molar-refractivity contribution in [3.05, 3.63) is 72.9 Å². The van der Waals surface area contributed by atoms with E-state index in [-0.39, 0.29) is 26.1 Å². The number of nitrogens with zero attached hydrogens (tertiary/aromatic N) is 1. The van der Waals surface area contributed by atoms with E-state index >= 15 is 0 Å². The summed E-state index contributed by atoms with van der Waals surface area (Å²) in [6.45, 7) is 3.94. The van der Waals surface area contributed by atoms with Crippen LogP contribution in [0.15, 0.2) is 72.9 Å². The second-order valence-corrected chi connectivity index (χ2v) is 15.3. The molecule has 0 aliphatic carbocycles. The molecular weight excluding hydrogens is 677 g/mol. The maximum Gasteiger partial charge on any atom is 0.306 e. The van der Waals surface area contributed by atoms with Crippen molar-refractivity contribution in [3.63, 3.8) is 0 Å². The molecule has 0 radical (unpaired) electrons. The molecule has 0 aromatic heterocycles. The predicted octanol–water partition coefficient (Wildman–Crippen LogP) is 10.0. The number of hydrogen-bond donors (Lipinski definition) is 0. The minimum absolute atomic E-state index is 0.0452. The Labute approximate surface area is 317 Å². The van der Waals surface area contributed by atoms with Crippen LogP contribution in [-0.4, -0.2) is 70.0 Å². The average Bonchev–Trinajstić information content (AvgIpc) is 3.09. The van der Waals surface area contributed by atoms with Gasteiger partial charge in [0, 0.05) is 12.8 Å². The molecule has 52 heavy (non-hydrogen) atoms. The Bertz CT molecular complexity index is 1120. The second kappa shape index (κ2) is 34.2. The topological polar surface area (TPSA) is 111 Å². The fourth-order valence-corrected chi connectivity index (χ4v) is 5.35. The molecule has 0 heterocycles. The number of unbranched alkanes of at least 4 members (excludes halogenated alkanes) is 8. The largest absolute Gasteiger partial charge is 0.756 e. The van der Waals surface area contributed by atoms with Crippen molar-refractivity contribution >= 4 is 19.8 Å². The third-order valence-corrected chi connectivity index (χ3v) is 8.66. The summed E-state index contributed by atoms with van der Waals surface area (Å²) in [5.74, 6) is -0.910. The molecule has 0 amide bonds. The van der Waals surface area contributed by atoms with Gasteiger partial charge in [0.15, 0.2) is 6.10 Å². The minimum atomic E-state index is -4.64. The van der Waals surface area contributed by atoms with Gasteiger partial charge >= 0.3 is 11.9 Å². The van der Waals surface area contributed by atoms with Gasteiger partial charge in [-0.05, 0) is 77.0 Å². The highest BCUT2D eigenvalue weighted by atomic mass is 31.2. The first-order valence-corrected chi connectivity index (χ1v) is 21.1. The Morgan fingerprint density at radius 2 is 1.10 bits per heavy atom. The number of allylic oxidation sites excluding steroid dienone is 12. The molecule has 0 aromatic rings. The van der Waals surface area contributed by atoms with Crippen molar-refractivity contribution in [2.75, 3.05) is 47.5 Å². The zero-order valence-electron chi connectivity index (χ0n) is 33.2. The molecule has 0 aliphatic rings. The summed E-state index contributed by atoms with van der Waals surface area (Å²) in [6, 6.07) is 0. The number of ether oxygens (including phenoxy) is 2. The van der Waals surface area contributed by atoms with Gasteiger partial charge in [0.1, 0.15) is 19.8 Å². The molecule has 0 fully saturated rings. The quantitative estimate of drug-likeness (QED) is 0.0210. The molecular formula is C42H72NO8P. The van der Waals surface area contributed by atoms with Crippen molar-refractivity contribution < 1.29 is 42.1 Å². The third-order valence-electron chi connectivity index (χ3n) is 7.69. The summed E-state index contributed by atoms with van der Waals surface area (Å²) in [4.78, 5) is 37.4. The molecule has 2 atom stereocenters. The molecule has 0 aromatic carbocycles. The van der Waals surface area contributed by atoms with Crippen LogP contribution in [0.3, 0.4) is 0 Å². The van der Waals surface area contributed by atoms with Gasteiger partial charge in [-0.25, -0.2) is 0 Å². The number of phosphoric ester groups is 1. The molecule has 0 spiro atoms. The lowest BCUT2D eigenvalue weighted by atomic mass is 10.1. The number of likely N-dealkylation sites (N-methyl/N-ethyl adjacent to an activating group) is 1. The first-order valence-electron chi connectivity index (χ1n) is 19.6. The summed E-state index contributed by atoms with van der Waals surface area (Å²) in [7, 11) is 1.11. The first-order chi connectivity index (χ1) is 25.0. The van der Waals surface area contributed by atoms with Gasteiger partial charge in [0.2, 0.25) is 0 Å². The van der Waals surface area contributed by atoms with Crippen molar-refractivity contribution in [2.45, 2.75) is 136 Å². The lowest BCUT2D eigenvalue weighted by Gasteiger charge is -2.28. The van der Waals surface area contributed by atoms with Gasteiger partial charge in [-0.15, -0.1) is 0 Å². The number of phosphoric acid groups is 1. The number of hydrogen-bond acceptors (Lipinski definition) is 8. The molecule has 0 rings (SSSR count). The molecule has 0 bridgehead atoms. The fourth-order valence-electron chi connectivity index (χ4n) is 4.62. The fraction of sp³-hybridized carbons (Fsp3) is 0.667. The zero-order valence-corrected chi connectivity index (χ0v) is 34.1. The van der Waals surface area contributed by atoms with Crippen LogP contribution in [0.4, 0.5) is 0 Å². The van der Waals surface area contributed by atoms with E-state index in [0.717, 1.165) is 83.5 Å². The lowest BCUT2D eigenvalue weighted by Crippen LogP contribution is -2.37. The Morgan fingerprint density at radius 3 is 1.67 bits per heavy atom. The van der Waals surface area contributed by atoms with Gasteiger partial charge in [0.05, 0.1) is 27.7 Å². The summed E-state index contributed by atoms with van der Waals surface area (Å²) in [5.41, 5.74) is 0. The van der Waals surface area contributed by atoms with E-state index in [9.17, 15) is 19.0 Å². The van der Waals surface area contributed by atoms with Crippen LogP contribution in [0, 0.1) is 0 Å². The maximum atomic E-state index is 12.6. The Hall–Kier alpha value is -2.55. The van der Waals surface area contributed by atoms with Crippen LogP contribution >= 0.6 is 7.82 Å². The van der Waals surface area contributed by atoms with Gasteiger partial charge < -0.3 is 27.9 Å². The van der Waals surface area contributed by atoms with Crippen LogP contribution in [0.2, 0.25) is 0 Å². The van der Waals surface area contributed by atoms with E-state index in [1.165, 1.54) is 6.42 Å². The van der Waals surface area contributed by atoms with Crippen molar-refractivity contribution in [1.82, 2.24) is 0 Å². The highest BCUT2D eigenvalue weighted by Gasteiger charge is 2.21. The summed E-state index contributed by atoms with van der Waals surface area (Å²) in [5, 5.41) is 0. The number of quaternary nitrogens is 1. The zero-order chi connectivity index (χ0) is 38.6. The van der Waals surface area contributed by atoms with E-state index in [4.69, 9.17) is 18.5 Å². The number of carbonyl (C=O) groups excluding carboxylic acids is 2. The molecule has 9 nitrogen and oxygen atoms in total. The third kappa shape index (κ3) is 37.2. The molecule has 2 unspecified atom stereocenters. The normalized spacial score (nSPS) is 14.5. The predicted molar refractivity (Wildman–Crippen MR) is 213 cm³/mol. The standard InChI is InChI=1S/C42H72NO8P/c1-6-8-10-12-14-16-18-20-21-23-25-27-29-31-33-35-42(45)51-40(39-50-52(46,47)49-37-36-43(3,4)5)38-48-41(44)34-32-30-28-26-24-22-19-17-15-13-11-9-7-2/h8,10-11,13-14,16-17,19-21,25,27,40H,6-7,9,12,15,18,22-24,26,28-39H2,1-5H3/b10-8-,13-11-,16-14-,19-17-,21-20-,27-25-. The summed E-state index contributed by atoms with van der Waals surface area (Å²) in [6.07, 6.45) is 40.8. The van der Waals surface area contributed by atoms with Crippen molar-refractivity contribution in [2.24, 2.45) is 0 Å². The molecule has 0 saturated heterocycles. The molecule has 0 saturated carbocycles. The number of esters is 2. The van der Waals surface area contributed by atoms with E-state index in [1.807, 2.05) is 21.1 Å². The van der Waals surface area contributed by atoms with E-state index < -0.39 is 32.5 Å². The minimum Gasteiger partial charge on any atom is -0.756 e. The Kier molecular flexibility index (Phi) is 32.6. The number of rotatable bonds is 34. The first kappa shape index (κ1) is 49.5. The van der Waals surface area contributed by atoms with Gasteiger partial charge in [-0.1, -0.05) is 112 Å². The maximum absolute atomic E-state index is 12.6. The van der Waals surface area contributed by atoms with Crippen molar-refractivity contribution in [1.29, 1.82) is 0 Å². The molecule has 0 aliphatic heterocycles. The van der Waals surface area contributed by atoms with E-state index in [0.29, 0.717) is 23.9 Å². The molecule has 298 valence electrons. The van der Waals surface area contributed by atoms with Crippen LogP contribution in [0.1, 0.15) is 129 Å². The Balaban J connectivity index is 4.54.